The van der Waals surface area contributed by atoms with E-state index in [-0.39, 0.29) is 24.0 Å². The lowest BCUT2D eigenvalue weighted by Gasteiger charge is -2.39. The molecule has 1 saturated carbocycles. The van der Waals surface area contributed by atoms with E-state index in [4.69, 9.17) is 4.74 Å². The van der Waals surface area contributed by atoms with Gasteiger partial charge in [-0.1, -0.05) is 19.4 Å². The molecule has 1 aliphatic heterocycles. The largest absolute Gasteiger partial charge is 0.474 e. The van der Waals surface area contributed by atoms with Gasteiger partial charge >= 0.3 is 0 Å². The summed E-state index contributed by atoms with van der Waals surface area (Å²) in [5.74, 6) is 2.30. The van der Waals surface area contributed by atoms with E-state index in [0.717, 1.165) is 49.8 Å². The first kappa shape index (κ1) is 23.8. The Bertz CT molecular complexity index is 804. The summed E-state index contributed by atoms with van der Waals surface area (Å²) in [6, 6.07) is 4.50. The van der Waals surface area contributed by atoms with Gasteiger partial charge in [-0.3, -0.25) is 4.99 Å². The summed E-state index contributed by atoms with van der Waals surface area (Å²) >= 11 is 0. The zero-order valence-corrected chi connectivity index (χ0v) is 20.9. The summed E-state index contributed by atoms with van der Waals surface area (Å²) in [5, 5.41) is 3.51. The third-order valence-corrected chi connectivity index (χ3v) is 6.43. The molecule has 2 aromatic rings. The Balaban J connectivity index is 0.00000272. The fraction of sp³-hybridized carbons (Fsp3) is 0.609. The van der Waals surface area contributed by atoms with E-state index in [1.54, 1.807) is 0 Å². The van der Waals surface area contributed by atoms with Crippen LogP contribution in [0.25, 0.3) is 0 Å². The fourth-order valence-electron chi connectivity index (χ4n) is 4.55. The van der Waals surface area contributed by atoms with Crippen LogP contribution in [0.5, 0.6) is 5.88 Å². The minimum Gasteiger partial charge on any atom is -0.474 e. The molecule has 2 aromatic heterocycles. The summed E-state index contributed by atoms with van der Waals surface area (Å²) in [4.78, 5) is 15.6. The zero-order chi connectivity index (χ0) is 20.8. The first-order valence-corrected chi connectivity index (χ1v) is 11.3. The molecule has 3 heterocycles. The van der Waals surface area contributed by atoms with Crippen LogP contribution < -0.4 is 10.1 Å². The second-order valence-corrected chi connectivity index (χ2v) is 8.57. The van der Waals surface area contributed by atoms with Crippen LogP contribution in [-0.4, -0.2) is 51.6 Å². The van der Waals surface area contributed by atoms with E-state index in [0.29, 0.717) is 24.6 Å². The van der Waals surface area contributed by atoms with Crippen LogP contribution in [-0.2, 0) is 6.54 Å². The molecule has 0 radical (unpaired) electrons. The van der Waals surface area contributed by atoms with Gasteiger partial charge < -0.3 is 19.5 Å². The standard InChI is InChI=1S/C23H34N6O.HI/c1-18-10-12-28(16-21(18)29-13-11-25-17-29)23(24-2)27-15-19-8-9-22(26-14-19)30-20-6-4-3-5-7-20;/h8-9,11,13-14,17-18,20-21H,3-7,10,12,15-16H2,1-2H3,(H,24,27);1H. The van der Waals surface area contributed by atoms with Crippen molar-refractivity contribution < 1.29 is 4.74 Å². The topological polar surface area (TPSA) is 67.6 Å². The molecule has 1 saturated heterocycles. The average Bonchev–Trinajstić information content (AvgIpc) is 3.32. The van der Waals surface area contributed by atoms with Gasteiger partial charge in [0.05, 0.1) is 12.4 Å². The van der Waals surface area contributed by atoms with Gasteiger partial charge in [-0.15, -0.1) is 24.0 Å². The zero-order valence-electron chi connectivity index (χ0n) is 18.6. The lowest BCUT2D eigenvalue weighted by atomic mass is 9.93. The molecule has 1 aliphatic carbocycles. The molecule has 170 valence electrons. The number of aromatic nitrogens is 3. The van der Waals surface area contributed by atoms with Gasteiger partial charge in [-0.25, -0.2) is 9.97 Å². The number of nitrogens with zero attached hydrogens (tertiary/aromatic N) is 5. The normalized spacial score (nSPS) is 22.6. The van der Waals surface area contributed by atoms with Crippen molar-refractivity contribution in [3.05, 3.63) is 42.6 Å². The van der Waals surface area contributed by atoms with E-state index in [9.17, 15) is 0 Å². The summed E-state index contributed by atoms with van der Waals surface area (Å²) in [5.41, 5.74) is 1.13. The lowest BCUT2D eigenvalue weighted by Crippen LogP contribution is -2.48. The molecular weight excluding hydrogens is 503 g/mol. The molecule has 0 aromatic carbocycles. The molecule has 4 rings (SSSR count). The third kappa shape index (κ3) is 6.33. The number of imidazole rings is 1. The predicted octanol–water partition coefficient (Wildman–Crippen LogP) is 4.27. The number of guanidine groups is 1. The van der Waals surface area contributed by atoms with Crippen molar-refractivity contribution in [2.45, 2.75) is 64.1 Å². The van der Waals surface area contributed by atoms with Gasteiger partial charge in [-0.05, 0) is 43.6 Å². The fourth-order valence-corrected chi connectivity index (χ4v) is 4.55. The maximum absolute atomic E-state index is 6.04. The molecule has 2 atom stereocenters. The van der Waals surface area contributed by atoms with Gasteiger partial charge in [0.2, 0.25) is 5.88 Å². The molecule has 2 unspecified atom stereocenters. The maximum atomic E-state index is 6.04. The summed E-state index contributed by atoms with van der Waals surface area (Å²) < 4.78 is 8.26. The lowest BCUT2D eigenvalue weighted by molar-refractivity contribution is 0.148. The predicted molar refractivity (Wildman–Crippen MR) is 134 cm³/mol. The van der Waals surface area contributed by atoms with Gasteiger partial charge in [-0.2, -0.15) is 0 Å². The number of hydrogen-bond donors (Lipinski definition) is 1. The second kappa shape index (κ2) is 11.7. The first-order valence-electron chi connectivity index (χ1n) is 11.3. The Kier molecular flexibility index (Phi) is 8.98. The number of piperidine rings is 1. The van der Waals surface area contributed by atoms with Gasteiger partial charge in [0.25, 0.3) is 0 Å². The van der Waals surface area contributed by atoms with E-state index >= 15 is 0 Å². The Labute approximate surface area is 202 Å². The van der Waals surface area contributed by atoms with Crippen molar-refractivity contribution >= 4 is 29.9 Å². The monoisotopic (exact) mass is 538 g/mol. The highest BCUT2D eigenvalue weighted by molar-refractivity contribution is 14.0. The highest BCUT2D eigenvalue weighted by Gasteiger charge is 2.28. The number of likely N-dealkylation sites (tertiary alicyclic amines) is 1. The second-order valence-electron chi connectivity index (χ2n) is 8.57. The Morgan fingerprint density at radius 1 is 1.23 bits per heavy atom. The molecule has 0 amide bonds. The van der Waals surface area contributed by atoms with E-state index in [2.05, 4.69) is 48.9 Å². The van der Waals surface area contributed by atoms with Crippen LogP contribution in [0.15, 0.2) is 42.0 Å². The van der Waals surface area contributed by atoms with Gasteiger partial charge in [0.15, 0.2) is 5.96 Å². The number of nitrogens with one attached hydrogen (secondary N) is 1. The van der Waals surface area contributed by atoms with Gasteiger partial charge in [0, 0.05) is 51.3 Å². The minimum absolute atomic E-state index is 0. The molecule has 0 bridgehead atoms. The number of halogens is 1. The maximum Gasteiger partial charge on any atom is 0.213 e. The number of aliphatic imine (C=N–C) groups is 1. The number of rotatable bonds is 5. The number of hydrogen-bond acceptors (Lipinski definition) is 4. The summed E-state index contributed by atoms with van der Waals surface area (Å²) in [6.07, 6.45) is 15.4. The highest BCUT2D eigenvalue weighted by atomic mass is 127. The Morgan fingerprint density at radius 3 is 2.74 bits per heavy atom. The smallest absolute Gasteiger partial charge is 0.213 e. The first-order chi connectivity index (χ1) is 14.7. The Hall–Kier alpha value is -1.84. The van der Waals surface area contributed by atoms with Crippen LogP contribution in [0.3, 0.4) is 0 Å². The molecule has 2 fully saturated rings. The van der Waals surface area contributed by atoms with Crippen LogP contribution >= 0.6 is 24.0 Å². The number of pyridine rings is 1. The van der Waals surface area contributed by atoms with Crippen molar-refractivity contribution in [1.82, 2.24) is 24.8 Å². The third-order valence-electron chi connectivity index (χ3n) is 6.43. The molecule has 0 spiro atoms. The van der Waals surface area contributed by atoms with Crippen LogP contribution in [0.1, 0.15) is 57.1 Å². The van der Waals surface area contributed by atoms with Crippen molar-refractivity contribution in [1.29, 1.82) is 0 Å². The van der Waals surface area contributed by atoms with Crippen molar-refractivity contribution in [2.75, 3.05) is 20.1 Å². The quantitative estimate of drug-likeness (QED) is 0.350. The van der Waals surface area contributed by atoms with Crippen LogP contribution in [0, 0.1) is 5.92 Å². The van der Waals surface area contributed by atoms with E-state index in [1.165, 1.54) is 19.3 Å². The van der Waals surface area contributed by atoms with E-state index in [1.807, 2.05) is 31.8 Å². The van der Waals surface area contributed by atoms with Crippen LogP contribution in [0.4, 0.5) is 0 Å². The molecule has 8 heteroatoms. The minimum atomic E-state index is 0. The Morgan fingerprint density at radius 2 is 2.06 bits per heavy atom. The summed E-state index contributed by atoms with van der Waals surface area (Å²) in [7, 11) is 1.85. The number of ether oxygens (including phenoxy) is 1. The highest BCUT2D eigenvalue weighted by Crippen LogP contribution is 2.27. The molecular formula is C23H35IN6O. The molecule has 2 aliphatic rings. The average molecular weight is 538 g/mol. The molecule has 31 heavy (non-hydrogen) atoms. The molecule has 7 nitrogen and oxygen atoms in total. The van der Waals surface area contributed by atoms with E-state index < -0.39 is 0 Å². The van der Waals surface area contributed by atoms with Crippen molar-refractivity contribution in [3.63, 3.8) is 0 Å². The van der Waals surface area contributed by atoms with Crippen LogP contribution in [0.2, 0.25) is 0 Å². The van der Waals surface area contributed by atoms with Gasteiger partial charge in [0.1, 0.15) is 6.10 Å². The van der Waals surface area contributed by atoms with Crippen molar-refractivity contribution in [3.8, 4) is 5.88 Å². The summed E-state index contributed by atoms with van der Waals surface area (Å²) in [6.45, 7) is 4.97. The molecule has 1 N–H and O–H groups in total. The SMILES string of the molecule is CN=C(NCc1ccc(OC2CCCCC2)nc1)N1CCC(C)C(n2ccnc2)C1.I. The van der Waals surface area contributed by atoms with Crippen molar-refractivity contribution in [2.24, 2.45) is 10.9 Å².